The van der Waals surface area contributed by atoms with Gasteiger partial charge in [-0.05, 0) is 17.6 Å². The second kappa shape index (κ2) is 3.56. The molecule has 3 atom stereocenters. The summed E-state index contributed by atoms with van der Waals surface area (Å²) in [5.74, 6) is -0.00120. The van der Waals surface area contributed by atoms with Crippen molar-refractivity contribution in [1.82, 2.24) is 0 Å². The van der Waals surface area contributed by atoms with Crippen LogP contribution in [-0.4, -0.2) is 22.4 Å². The van der Waals surface area contributed by atoms with Gasteiger partial charge in [-0.25, -0.2) is 0 Å². The molecule has 3 unspecified atom stereocenters. The minimum atomic E-state index is -0.604. The summed E-state index contributed by atoms with van der Waals surface area (Å²) in [4.78, 5) is 0. The molecule has 1 aliphatic rings. The van der Waals surface area contributed by atoms with Gasteiger partial charge in [0.15, 0.2) is 0 Å². The lowest BCUT2D eigenvalue weighted by Gasteiger charge is -2.14. The first-order chi connectivity index (χ1) is 6.70. The predicted molar refractivity (Wildman–Crippen MR) is 55.0 cm³/mol. The van der Waals surface area contributed by atoms with E-state index in [1.165, 1.54) is 0 Å². The van der Waals surface area contributed by atoms with Crippen LogP contribution >= 0.6 is 0 Å². The maximum atomic E-state index is 9.82. The Bertz CT molecular complexity index is 331. The molecular formula is C12H14O2. The third-order valence-corrected chi connectivity index (χ3v) is 2.89. The van der Waals surface area contributed by atoms with Gasteiger partial charge in [-0.15, -0.1) is 0 Å². The Morgan fingerprint density at radius 3 is 2.29 bits per heavy atom. The first-order valence-corrected chi connectivity index (χ1v) is 4.80. The van der Waals surface area contributed by atoms with Crippen LogP contribution in [0, 0.1) is 0 Å². The molecule has 2 N–H and O–H groups in total. The van der Waals surface area contributed by atoms with E-state index in [-0.39, 0.29) is 5.92 Å². The van der Waals surface area contributed by atoms with Gasteiger partial charge in [0.1, 0.15) is 0 Å². The van der Waals surface area contributed by atoms with Gasteiger partial charge in [0, 0.05) is 5.92 Å². The Kier molecular flexibility index (Phi) is 2.40. The molecule has 0 heterocycles. The third kappa shape index (κ3) is 1.47. The topological polar surface area (TPSA) is 40.5 Å². The molecule has 0 bridgehead atoms. The molecule has 1 fully saturated rings. The zero-order valence-corrected chi connectivity index (χ0v) is 7.93. The third-order valence-electron chi connectivity index (χ3n) is 2.89. The summed E-state index contributed by atoms with van der Waals surface area (Å²) in [5.41, 5.74) is 1.61. The molecule has 2 nitrogen and oxygen atoms in total. The van der Waals surface area contributed by atoms with Crippen molar-refractivity contribution in [3.63, 3.8) is 0 Å². The van der Waals surface area contributed by atoms with Gasteiger partial charge in [0.25, 0.3) is 0 Å². The van der Waals surface area contributed by atoms with Crippen LogP contribution < -0.4 is 0 Å². The zero-order chi connectivity index (χ0) is 10.1. The molecule has 14 heavy (non-hydrogen) atoms. The molecule has 2 heteroatoms. The number of hydrogen-bond acceptors (Lipinski definition) is 2. The monoisotopic (exact) mass is 190 g/mol. The van der Waals surface area contributed by atoms with E-state index in [0.717, 1.165) is 5.56 Å². The lowest BCUT2D eigenvalue weighted by atomic mass is 9.95. The largest absolute Gasteiger partial charge is 0.389 e. The van der Waals surface area contributed by atoms with E-state index >= 15 is 0 Å². The summed E-state index contributed by atoms with van der Waals surface area (Å²) in [6, 6.07) is 9.76. The molecule has 1 aliphatic carbocycles. The fourth-order valence-electron chi connectivity index (χ4n) is 1.99. The number of hydrogen-bond donors (Lipinski definition) is 2. The molecule has 1 aromatic carbocycles. The SMILES string of the molecule is C=C1C(O)CC(c2ccccc2)C1O. The van der Waals surface area contributed by atoms with Crippen LogP contribution in [0.5, 0.6) is 0 Å². The molecule has 0 spiro atoms. The highest BCUT2D eigenvalue weighted by molar-refractivity contribution is 5.30. The Hall–Kier alpha value is -1.12. The van der Waals surface area contributed by atoms with Crippen LogP contribution in [0.1, 0.15) is 17.9 Å². The maximum absolute atomic E-state index is 9.82. The van der Waals surface area contributed by atoms with E-state index in [2.05, 4.69) is 6.58 Å². The van der Waals surface area contributed by atoms with Crippen molar-refractivity contribution >= 4 is 0 Å². The van der Waals surface area contributed by atoms with Crippen molar-refractivity contribution in [3.05, 3.63) is 48.0 Å². The van der Waals surface area contributed by atoms with Crippen LogP contribution in [0.3, 0.4) is 0 Å². The van der Waals surface area contributed by atoms with E-state index < -0.39 is 12.2 Å². The number of benzene rings is 1. The second-order valence-corrected chi connectivity index (χ2v) is 3.79. The minimum Gasteiger partial charge on any atom is -0.389 e. The van der Waals surface area contributed by atoms with E-state index in [1.54, 1.807) is 0 Å². The van der Waals surface area contributed by atoms with Gasteiger partial charge < -0.3 is 10.2 Å². The fourth-order valence-corrected chi connectivity index (χ4v) is 1.99. The highest BCUT2D eigenvalue weighted by Crippen LogP contribution is 2.37. The van der Waals surface area contributed by atoms with Crippen molar-refractivity contribution in [2.45, 2.75) is 24.5 Å². The lowest BCUT2D eigenvalue weighted by molar-refractivity contribution is 0.192. The molecule has 1 saturated carbocycles. The van der Waals surface area contributed by atoms with Crippen molar-refractivity contribution < 1.29 is 10.2 Å². The van der Waals surface area contributed by atoms with Gasteiger partial charge >= 0.3 is 0 Å². The summed E-state index contributed by atoms with van der Waals surface area (Å²) in [5, 5.41) is 19.4. The molecule has 0 aliphatic heterocycles. The van der Waals surface area contributed by atoms with Gasteiger partial charge in [-0.3, -0.25) is 0 Å². The summed E-state index contributed by atoms with van der Waals surface area (Å²) >= 11 is 0. The van der Waals surface area contributed by atoms with E-state index in [0.29, 0.717) is 12.0 Å². The summed E-state index contributed by atoms with van der Waals surface area (Å²) in [6.45, 7) is 3.69. The summed E-state index contributed by atoms with van der Waals surface area (Å²) in [7, 11) is 0. The molecule has 2 rings (SSSR count). The van der Waals surface area contributed by atoms with E-state index in [4.69, 9.17) is 0 Å². The van der Waals surface area contributed by atoms with Crippen molar-refractivity contribution in [2.24, 2.45) is 0 Å². The van der Waals surface area contributed by atoms with Crippen LogP contribution in [0.15, 0.2) is 42.5 Å². The van der Waals surface area contributed by atoms with Gasteiger partial charge in [-0.1, -0.05) is 36.9 Å². The number of rotatable bonds is 1. The van der Waals surface area contributed by atoms with Crippen molar-refractivity contribution in [2.75, 3.05) is 0 Å². The van der Waals surface area contributed by atoms with Crippen molar-refractivity contribution in [1.29, 1.82) is 0 Å². The fraction of sp³-hybridized carbons (Fsp3) is 0.333. The van der Waals surface area contributed by atoms with Crippen LogP contribution in [0.4, 0.5) is 0 Å². The molecule has 0 aromatic heterocycles. The van der Waals surface area contributed by atoms with Gasteiger partial charge in [0.05, 0.1) is 12.2 Å². The average molecular weight is 190 g/mol. The molecular weight excluding hydrogens is 176 g/mol. The Labute approximate surface area is 83.5 Å². The quantitative estimate of drug-likeness (QED) is 0.658. The predicted octanol–water partition coefficient (Wildman–Crippen LogP) is 1.45. The Balaban J connectivity index is 2.26. The smallest absolute Gasteiger partial charge is 0.0841 e. The average Bonchev–Trinajstić information content (AvgIpc) is 2.47. The zero-order valence-electron chi connectivity index (χ0n) is 7.93. The van der Waals surface area contributed by atoms with Crippen LogP contribution in [0.25, 0.3) is 0 Å². The number of aliphatic hydroxyl groups excluding tert-OH is 2. The van der Waals surface area contributed by atoms with Crippen LogP contribution in [-0.2, 0) is 0 Å². The molecule has 0 radical (unpaired) electrons. The van der Waals surface area contributed by atoms with Gasteiger partial charge in [-0.2, -0.15) is 0 Å². The standard InChI is InChI=1S/C12H14O2/c1-8-11(13)7-10(12(8)14)9-5-3-2-4-6-9/h2-6,10-14H,1,7H2. The molecule has 0 amide bonds. The lowest BCUT2D eigenvalue weighted by Crippen LogP contribution is -2.13. The van der Waals surface area contributed by atoms with E-state index in [9.17, 15) is 10.2 Å². The molecule has 0 saturated heterocycles. The summed E-state index contributed by atoms with van der Waals surface area (Å²) < 4.78 is 0. The number of aliphatic hydroxyl groups is 2. The second-order valence-electron chi connectivity index (χ2n) is 3.79. The highest BCUT2D eigenvalue weighted by Gasteiger charge is 2.35. The molecule has 1 aromatic rings. The normalized spacial score (nSPS) is 32.1. The summed E-state index contributed by atoms with van der Waals surface area (Å²) in [6.07, 6.45) is -0.591. The highest BCUT2D eigenvalue weighted by atomic mass is 16.3. The van der Waals surface area contributed by atoms with Gasteiger partial charge in [0.2, 0.25) is 0 Å². The van der Waals surface area contributed by atoms with E-state index in [1.807, 2.05) is 30.3 Å². The first kappa shape index (κ1) is 9.44. The Morgan fingerprint density at radius 2 is 1.79 bits per heavy atom. The molecule has 74 valence electrons. The minimum absolute atomic E-state index is 0.00120. The first-order valence-electron chi connectivity index (χ1n) is 4.80. The maximum Gasteiger partial charge on any atom is 0.0841 e. The van der Waals surface area contributed by atoms with Crippen molar-refractivity contribution in [3.8, 4) is 0 Å². The van der Waals surface area contributed by atoms with Crippen LogP contribution in [0.2, 0.25) is 0 Å². The Morgan fingerprint density at radius 1 is 1.14 bits per heavy atom.